The number of hydrogen-bond donors (Lipinski definition) is 0. The minimum Gasteiger partial charge on any atom is -0.497 e. The zero-order valence-electron chi connectivity index (χ0n) is 68.7. The number of methoxy groups -OCH3 is 4. The lowest BCUT2D eigenvalue weighted by Gasteiger charge is -2.10. The van der Waals surface area contributed by atoms with E-state index in [9.17, 15) is 43.2 Å². The summed E-state index contributed by atoms with van der Waals surface area (Å²) < 4.78 is 98.9. The smallest absolute Gasteiger partial charge is 0.497 e. The van der Waals surface area contributed by atoms with E-state index in [4.69, 9.17) is 85.3 Å². The molecule has 0 bridgehead atoms. The number of esters is 4. The molecule has 9 rings (SSSR count). The summed E-state index contributed by atoms with van der Waals surface area (Å²) in [5, 5.41) is 0. The summed E-state index contributed by atoms with van der Waals surface area (Å²) in [4.78, 5) is 103. The van der Waals surface area contributed by atoms with Crippen LogP contribution in [0.3, 0.4) is 0 Å². The molecule has 0 atom stereocenters. The highest BCUT2D eigenvalue weighted by Gasteiger charge is 2.18. The zero-order valence-corrected chi connectivity index (χ0v) is 83.0. The van der Waals surface area contributed by atoms with Gasteiger partial charge in [0.25, 0.3) is 0 Å². The molecule has 125 heavy (non-hydrogen) atoms. The number of benzene rings is 9. The Bertz CT molecular complexity index is 5130. The quantitative estimate of drug-likeness (QED) is 0.0152. The van der Waals surface area contributed by atoms with Crippen molar-refractivity contribution in [2.75, 3.05) is 87.9 Å². The molecule has 0 aliphatic rings. The van der Waals surface area contributed by atoms with Crippen LogP contribution in [0.1, 0.15) is 77.8 Å². The van der Waals surface area contributed by atoms with Gasteiger partial charge in [0.05, 0.1) is 115 Å². The van der Waals surface area contributed by atoms with E-state index in [1.54, 1.807) is 107 Å². The Morgan fingerprint density at radius 3 is 0.632 bits per heavy atom. The lowest BCUT2D eigenvalue weighted by atomic mass is 10.1. The molecule has 9 aromatic rings. The second-order valence-corrected chi connectivity index (χ2v) is 33.5. The predicted molar refractivity (Wildman–Crippen MR) is 493 cm³/mol. The van der Waals surface area contributed by atoms with Crippen molar-refractivity contribution in [1.82, 2.24) is 0 Å². The molecule has 9 aromatic carbocycles. The second-order valence-electron chi connectivity index (χ2n) is 25.8. The first-order valence-corrected chi connectivity index (χ1v) is 44.9. The van der Waals surface area contributed by atoms with Crippen LogP contribution in [0.4, 0.5) is 24.0 Å². The summed E-state index contributed by atoms with van der Waals surface area (Å²) in [7, 11) is 6.41. The second kappa shape index (κ2) is 56.7. The van der Waals surface area contributed by atoms with E-state index >= 15 is 0 Å². The molecular weight excluding hydrogens is 2220 g/mol. The van der Waals surface area contributed by atoms with Crippen LogP contribution in [0.15, 0.2) is 204 Å². The number of carbonyl (C=O) groups is 9. The summed E-state index contributed by atoms with van der Waals surface area (Å²) in [5.74, 6) is 3.46. The van der Waals surface area contributed by atoms with Crippen molar-refractivity contribution in [1.29, 1.82) is 0 Å². The van der Waals surface area contributed by atoms with Gasteiger partial charge in [-0.3, -0.25) is 19.2 Å². The van der Waals surface area contributed by atoms with Gasteiger partial charge in [-0.1, -0.05) is 102 Å². The monoisotopic (exact) mass is 2300 g/mol. The predicted octanol–water partition coefficient (Wildman–Crippen LogP) is 22.9. The van der Waals surface area contributed by atoms with Crippen molar-refractivity contribution in [3.63, 3.8) is 0 Å². The van der Waals surface area contributed by atoms with Gasteiger partial charge in [0.1, 0.15) is 51.7 Å². The number of ether oxygens (including phenoxy) is 18. The number of carbonyl (C=O) groups excluding carboxylic acids is 9. The van der Waals surface area contributed by atoms with Gasteiger partial charge in [-0.2, -0.15) is 0 Å². The van der Waals surface area contributed by atoms with Gasteiger partial charge in [0.2, 0.25) is 0 Å². The van der Waals surface area contributed by atoms with Gasteiger partial charge in [-0.05, 0) is 255 Å². The van der Waals surface area contributed by atoms with Gasteiger partial charge >= 0.3 is 54.7 Å². The molecule has 0 aliphatic carbocycles. The molecule has 0 radical (unpaired) electrons. The fourth-order valence-electron chi connectivity index (χ4n) is 10.5. The maximum absolute atomic E-state index is 12.1. The third kappa shape index (κ3) is 40.5. The highest BCUT2D eigenvalue weighted by atomic mass is 79.9. The van der Waals surface area contributed by atoms with E-state index in [0.29, 0.717) is 98.7 Å². The first-order chi connectivity index (χ1) is 59.8. The highest BCUT2D eigenvalue weighted by molar-refractivity contribution is 9.12. The van der Waals surface area contributed by atoms with E-state index in [1.807, 2.05) is 84.9 Å². The van der Waals surface area contributed by atoms with Gasteiger partial charge < -0.3 is 85.3 Å². The molecule has 0 spiro atoms. The van der Waals surface area contributed by atoms with Crippen LogP contribution >= 0.6 is 143 Å². The van der Waals surface area contributed by atoms with Gasteiger partial charge in [-0.25, -0.2) is 24.0 Å². The molecule has 0 fully saturated rings. The van der Waals surface area contributed by atoms with E-state index in [2.05, 4.69) is 143 Å². The van der Waals surface area contributed by atoms with Gasteiger partial charge in [0.15, 0.2) is 0 Å². The minimum absolute atomic E-state index is 0.0962. The summed E-state index contributed by atoms with van der Waals surface area (Å²) in [6.07, 6.45) is 0.921. The third-order valence-electron chi connectivity index (χ3n) is 16.6. The standard InChI is InChI=1S/C29H27Br3O9.3C20H20Br2O6/c1-18(33)40-26-7-4-20(16-23(26)31)11-14-39-29(35)41-27-8-5-21(17-24(27)32)10-13-38-28(34)37-12-9-19-3-6-25(36-2)22(30)15-19;1-13(23)28-19-6-3-14(11-18(19)22)7-9-26-20(24)27-10-8-15-4-5-16(25-2)12-17(15)21;1-13(23)28-17-6-4-15(19(22)12-17)8-10-27-20(24)26-9-7-14-3-5-16(25-2)11-18(14)21;1-13(23)28-19-6-4-15(12-17(19)22)8-10-27-20(24)26-9-7-14-3-5-18(25-2)16(21)11-14/h3-8,15-17H,9-14H2,1-2H3;3*3-6,11-12H,7-10H2,1-2H3. The summed E-state index contributed by atoms with van der Waals surface area (Å²) >= 11 is 30.6. The van der Waals surface area contributed by atoms with Crippen LogP contribution < -0.4 is 42.6 Å². The van der Waals surface area contributed by atoms with Crippen LogP contribution in [0, 0.1) is 0 Å². The summed E-state index contributed by atoms with van der Waals surface area (Å²) in [6.45, 7) is 6.95. The molecule has 0 heterocycles. The fourth-order valence-corrected chi connectivity index (χ4v) is 15.4. The topological polar surface area (TPSA) is 320 Å². The minimum atomic E-state index is -0.845. The van der Waals surface area contributed by atoms with Gasteiger partial charge in [0, 0.05) is 98.9 Å². The van der Waals surface area contributed by atoms with Crippen molar-refractivity contribution in [3.8, 4) is 51.7 Å². The summed E-state index contributed by atoms with van der Waals surface area (Å²) in [5.41, 5.74) is 8.53. The molecule has 0 aromatic heterocycles. The Hall–Kier alpha value is -9.27. The van der Waals surface area contributed by atoms with Crippen molar-refractivity contribution in [2.24, 2.45) is 0 Å². The lowest BCUT2D eigenvalue weighted by Crippen LogP contribution is -2.13. The van der Waals surface area contributed by atoms with Gasteiger partial charge in [-0.15, -0.1) is 0 Å². The Kier molecular flexibility index (Phi) is 47.4. The first kappa shape index (κ1) is 105. The summed E-state index contributed by atoms with van der Waals surface area (Å²) in [6, 6.07) is 48.7. The Labute approximate surface area is 798 Å². The molecule has 36 heteroatoms. The largest absolute Gasteiger partial charge is 0.513 e. The van der Waals surface area contributed by atoms with Crippen molar-refractivity contribution in [2.45, 2.75) is 85.5 Å². The molecule has 0 saturated carbocycles. The van der Waals surface area contributed by atoms with Crippen molar-refractivity contribution >= 4 is 198 Å². The van der Waals surface area contributed by atoms with Crippen LogP contribution in [-0.4, -0.2) is 143 Å². The van der Waals surface area contributed by atoms with Crippen LogP contribution in [0.2, 0.25) is 0 Å². The average Bonchev–Trinajstić information content (AvgIpc) is 0.890. The lowest BCUT2D eigenvalue weighted by molar-refractivity contribution is -0.132. The molecule has 0 unspecified atom stereocenters. The van der Waals surface area contributed by atoms with E-state index in [-0.39, 0.29) is 83.1 Å². The van der Waals surface area contributed by atoms with Crippen molar-refractivity contribution < 1.29 is 128 Å². The number of rotatable bonds is 36. The zero-order chi connectivity index (χ0) is 91.3. The van der Waals surface area contributed by atoms with Crippen LogP contribution in [0.25, 0.3) is 0 Å². The SMILES string of the molecule is COc1ccc(CCOC(=O)OCCc2ccc(OC(=O)OCCc3ccc(OC(C)=O)c(Br)c3)c(Br)c2)cc1Br.COc1ccc(CCOC(=O)OCCc2ccc(OC(C)=O)c(Br)c2)c(Br)c1.COc1ccc(CCOC(=O)OCCc2ccc(OC(C)=O)c(Br)c2)cc1Br.COc1ccc(CCOC(=O)OCCc2ccc(OC(C)=O)cc2Br)c(Br)c1. The molecule has 668 valence electrons. The Morgan fingerprint density at radius 2 is 0.416 bits per heavy atom. The molecule has 0 amide bonds. The molecule has 27 nitrogen and oxygen atoms in total. The fraction of sp³-hybridized carbons (Fsp3) is 0.292. The Morgan fingerprint density at radius 1 is 0.208 bits per heavy atom. The maximum Gasteiger partial charge on any atom is 0.513 e. The third-order valence-corrected chi connectivity index (χ3v) is 22.5. The van der Waals surface area contributed by atoms with Crippen LogP contribution in [0.5, 0.6) is 51.7 Å². The normalized spacial score (nSPS) is 10.3. The molecular formula is C89H87Br9O27. The van der Waals surface area contributed by atoms with E-state index in [1.165, 1.54) is 27.7 Å². The molecule has 0 N–H and O–H groups in total. The average molecular weight is 2310 g/mol. The Balaban J connectivity index is 0.000000262. The molecule has 0 aliphatic heterocycles. The number of halogens is 9. The number of hydrogen-bond acceptors (Lipinski definition) is 27. The van der Waals surface area contributed by atoms with Crippen molar-refractivity contribution in [3.05, 3.63) is 254 Å². The highest BCUT2D eigenvalue weighted by Crippen LogP contribution is 2.34. The maximum atomic E-state index is 12.1. The first-order valence-electron chi connectivity index (χ1n) is 37.8. The van der Waals surface area contributed by atoms with E-state index < -0.39 is 36.7 Å². The molecule has 0 saturated heterocycles. The van der Waals surface area contributed by atoms with E-state index in [0.717, 1.165) is 95.4 Å². The van der Waals surface area contributed by atoms with Crippen LogP contribution in [-0.2, 0) is 120 Å².